The van der Waals surface area contributed by atoms with Crippen LogP contribution in [0.15, 0.2) is 12.4 Å². The van der Waals surface area contributed by atoms with Crippen molar-refractivity contribution in [3.63, 3.8) is 0 Å². The van der Waals surface area contributed by atoms with Crippen LogP contribution in [0.25, 0.3) is 0 Å². The monoisotopic (exact) mass is 283 g/mol. The third kappa shape index (κ3) is 2.81. The third-order valence-corrected chi connectivity index (χ3v) is 4.94. The Bertz CT molecular complexity index is 446. The van der Waals surface area contributed by atoms with Crippen LogP contribution in [-0.2, 0) is 6.54 Å². The number of hydrogen-bond donors (Lipinski definition) is 1. The molecule has 0 bridgehead atoms. The second-order valence-corrected chi connectivity index (χ2v) is 6.58. The molecule has 1 saturated heterocycles. The second kappa shape index (κ2) is 5.08. The number of hydrogen-bond acceptors (Lipinski definition) is 3. The molecule has 0 radical (unpaired) electrons. The van der Waals surface area contributed by atoms with Gasteiger partial charge in [0, 0.05) is 25.8 Å². The van der Waals surface area contributed by atoms with E-state index in [4.69, 9.17) is 11.6 Å². The molecule has 19 heavy (non-hydrogen) atoms. The van der Waals surface area contributed by atoms with Gasteiger partial charge in [0.25, 0.3) is 0 Å². The van der Waals surface area contributed by atoms with Gasteiger partial charge in [-0.05, 0) is 31.1 Å². The Morgan fingerprint density at radius 2 is 2.26 bits per heavy atom. The smallest absolute Gasteiger partial charge is 0.0785 e. The maximum absolute atomic E-state index is 10.7. The first-order valence-electron chi connectivity index (χ1n) is 7.20. The van der Waals surface area contributed by atoms with Gasteiger partial charge in [-0.15, -0.1) is 0 Å². The molecular weight excluding hydrogens is 262 g/mol. The fraction of sp³-hybridized carbons (Fsp3) is 0.786. The molecule has 4 nitrogen and oxygen atoms in total. The summed E-state index contributed by atoms with van der Waals surface area (Å²) in [5.74, 6) is 0.935. The summed E-state index contributed by atoms with van der Waals surface area (Å²) in [5, 5.41) is 15.6. The molecule has 0 spiro atoms. The SMILES string of the molecule is C[C@@H]1CN(CCn2cc(Cl)cn2)CC[C@@]1(O)C1CC1. The van der Waals surface area contributed by atoms with Gasteiger partial charge >= 0.3 is 0 Å². The van der Waals surface area contributed by atoms with Crippen LogP contribution in [0.1, 0.15) is 26.2 Å². The van der Waals surface area contributed by atoms with Crippen LogP contribution in [0.2, 0.25) is 5.02 Å². The highest BCUT2D eigenvalue weighted by Gasteiger charge is 2.49. The number of halogens is 1. The van der Waals surface area contributed by atoms with Gasteiger partial charge < -0.3 is 10.0 Å². The van der Waals surface area contributed by atoms with E-state index >= 15 is 0 Å². The normalized spacial score (nSPS) is 32.7. The largest absolute Gasteiger partial charge is 0.389 e. The van der Waals surface area contributed by atoms with Gasteiger partial charge in [0.05, 0.1) is 23.4 Å². The molecule has 1 aliphatic heterocycles. The molecule has 1 aromatic heterocycles. The van der Waals surface area contributed by atoms with E-state index in [-0.39, 0.29) is 0 Å². The Morgan fingerprint density at radius 1 is 1.47 bits per heavy atom. The molecule has 1 aliphatic carbocycles. The van der Waals surface area contributed by atoms with E-state index in [1.165, 1.54) is 12.8 Å². The van der Waals surface area contributed by atoms with E-state index in [0.29, 0.717) is 16.9 Å². The first-order chi connectivity index (χ1) is 9.08. The molecule has 2 aliphatic rings. The Labute approximate surface area is 119 Å². The molecule has 1 N–H and O–H groups in total. The number of aliphatic hydroxyl groups is 1. The second-order valence-electron chi connectivity index (χ2n) is 6.14. The number of aromatic nitrogens is 2. The minimum atomic E-state index is -0.397. The molecule has 106 valence electrons. The molecule has 1 saturated carbocycles. The van der Waals surface area contributed by atoms with Crippen LogP contribution in [0.4, 0.5) is 0 Å². The topological polar surface area (TPSA) is 41.3 Å². The van der Waals surface area contributed by atoms with Crippen molar-refractivity contribution in [2.24, 2.45) is 11.8 Å². The Hall–Kier alpha value is -0.580. The van der Waals surface area contributed by atoms with Gasteiger partial charge in [-0.1, -0.05) is 18.5 Å². The van der Waals surface area contributed by atoms with E-state index in [0.717, 1.165) is 32.6 Å². The van der Waals surface area contributed by atoms with Gasteiger partial charge in [0.15, 0.2) is 0 Å². The van der Waals surface area contributed by atoms with Gasteiger partial charge in [0.2, 0.25) is 0 Å². The fourth-order valence-electron chi connectivity index (χ4n) is 3.32. The summed E-state index contributed by atoms with van der Waals surface area (Å²) in [7, 11) is 0. The van der Waals surface area contributed by atoms with Crippen molar-refractivity contribution in [1.29, 1.82) is 0 Å². The lowest BCUT2D eigenvalue weighted by Gasteiger charge is -2.43. The number of piperidine rings is 1. The van der Waals surface area contributed by atoms with Crippen LogP contribution >= 0.6 is 11.6 Å². The first-order valence-corrected chi connectivity index (χ1v) is 7.58. The lowest BCUT2D eigenvalue weighted by Crippen LogP contribution is -2.52. The molecule has 2 atom stereocenters. The Kier molecular flexibility index (Phi) is 3.58. The van der Waals surface area contributed by atoms with Crippen molar-refractivity contribution >= 4 is 11.6 Å². The summed E-state index contributed by atoms with van der Waals surface area (Å²) < 4.78 is 1.88. The van der Waals surface area contributed by atoms with Crippen molar-refractivity contribution in [3.05, 3.63) is 17.4 Å². The highest BCUT2D eigenvalue weighted by molar-refractivity contribution is 6.30. The highest BCUT2D eigenvalue weighted by Crippen LogP contribution is 2.47. The van der Waals surface area contributed by atoms with Crippen LogP contribution in [0.3, 0.4) is 0 Å². The maximum atomic E-state index is 10.7. The first kappa shape index (κ1) is 13.4. The minimum Gasteiger partial charge on any atom is -0.389 e. The summed E-state index contributed by atoms with van der Waals surface area (Å²) in [6.07, 6.45) is 6.87. The fourth-order valence-corrected chi connectivity index (χ4v) is 3.47. The van der Waals surface area contributed by atoms with Crippen molar-refractivity contribution in [2.45, 2.75) is 38.3 Å². The number of nitrogens with zero attached hydrogens (tertiary/aromatic N) is 3. The quantitative estimate of drug-likeness (QED) is 0.919. The summed E-state index contributed by atoms with van der Waals surface area (Å²) in [5.41, 5.74) is -0.397. The molecule has 1 aromatic rings. The molecule has 2 fully saturated rings. The zero-order valence-corrected chi connectivity index (χ0v) is 12.2. The average molecular weight is 284 g/mol. The van der Waals surface area contributed by atoms with E-state index in [9.17, 15) is 5.11 Å². The van der Waals surface area contributed by atoms with Gasteiger partial charge in [-0.3, -0.25) is 4.68 Å². The molecule has 0 amide bonds. The molecular formula is C14H22ClN3O. The Morgan fingerprint density at radius 3 is 2.84 bits per heavy atom. The zero-order valence-electron chi connectivity index (χ0n) is 11.4. The Balaban J connectivity index is 1.51. The number of rotatable bonds is 4. The molecule has 5 heteroatoms. The highest BCUT2D eigenvalue weighted by atomic mass is 35.5. The van der Waals surface area contributed by atoms with Crippen molar-refractivity contribution in [1.82, 2.24) is 14.7 Å². The van der Waals surface area contributed by atoms with Crippen LogP contribution in [-0.4, -0.2) is 45.0 Å². The maximum Gasteiger partial charge on any atom is 0.0785 e. The lowest BCUT2D eigenvalue weighted by atomic mass is 9.78. The van der Waals surface area contributed by atoms with Gasteiger partial charge in [-0.2, -0.15) is 5.10 Å². The zero-order chi connectivity index (χ0) is 13.5. The summed E-state index contributed by atoms with van der Waals surface area (Å²) >= 11 is 5.85. The van der Waals surface area contributed by atoms with Gasteiger partial charge in [0.1, 0.15) is 0 Å². The molecule has 3 rings (SSSR count). The summed E-state index contributed by atoms with van der Waals surface area (Å²) in [4.78, 5) is 2.43. The summed E-state index contributed by atoms with van der Waals surface area (Å²) in [6.45, 7) is 6.01. The van der Waals surface area contributed by atoms with E-state index in [2.05, 4.69) is 16.9 Å². The molecule has 0 unspecified atom stereocenters. The van der Waals surface area contributed by atoms with Crippen LogP contribution < -0.4 is 0 Å². The number of likely N-dealkylation sites (tertiary alicyclic amines) is 1. The van der Waals surface area contributed by atoms with Crippen LogP contribution in [0.5, 0.6) is 0 Å². The van der Waals surface area contributed by atoms with E-state index in [1.807, 2.05) is 10.9 Å². The third-order valence-electron chi connectivity index (χ3n) is 4.75. The minimum absolute atomic E-state index is 0.370. The summed E-state index contributed by atoms with van der Waals surface area (Å²) in [6, 6.07) is 0. The predicted octanol–water partition coefficient (Wildman–Crippen LogP) is 2.02. The van der Waals surface area contributed by atoms with Crippen molar-refractivity contribution in [3.8, 4) is 0 Å². The average Bonchev–Trinajstić information content (AvgIpc) is 3.15. The molecule has 2 heterocycles. The predicted molar refractivity (Wildman–Crippen MR) is 75.1 cm³/mol. The van der Waals surface area contributed by atoms with Crippen LogP contribution in [0, 0.1) is 11.8 Å². The van der Waals surface area contributed by atoms with E-state index < -0.39 is 5.60 Å². The van der Waals surface area contributed by atoms with E-state index in [1.54, 1.807) is 6.20 Å². The molecule has 0 aromatic carbocycles. The van der Waals surface area contributed by atoms with Crippen molar-refractivity contribution < 1.29 is 5.11 Å². The lowest BCUT2D eigenvalue weighted by molar-refractivity contribution is -0.0821. The van der Waals surface area contributed by atoms with Gasteiger partial charge in [-0.25, -0.2) is 0 Å². The standard InChI is InChI=1S/C14H22ClN3O/c1-11-9-17(5-4-14(11,19)12-2-3-12)6-7-18-10-13(15)8-16-18/h8,10-12,19H,2-7,9H2,1H3/t11-,14+/m1/s1. The van der Waals surface area contributed by atoms with Crippen molar-refractivity contribution in [2.75, 3.05) is 19.6 Å².